The topological polar surface area (TPSA) is 76.5 Å². The van der Waals surface area contributed by atoms with Gasteiger partial charge in [0.1, 0.15) is 0 Å². The monoisotopic (exact) mass is 336 g/mol. The SMILES string of the molecule is COc1cc2cc3cn(-c4cccc(C(=O)O)c4)[nH]c-3c2cc1OC. The molecule has 0 bridgehead atoms. The van der Waals surface area contributed by atoms with Gasteiger partial charge in [0, 0.05) is 17.1 Å². The molecule has 0 spiro atoms. The van der Waals surface area contributed by atoms with Crippen LogP contribution < -0.4 is 9.47 Å². The van der Waals surface area contributed by atoms with E-state index in [4.69, 9.17) is 14.6 Å². The molecule has 2 aliphatic rings. The summed E-state index contributed by atoms with van der Waals surface area (Å²) in [6, 6.07) is 12.7. The molecule has 1 aliphatic carbocycles. The van der Waals surface area contributed by atoms with Crippen molar-refractivity contribution in [2.24, 2.45) is 0 Å². The largest absolute Gasteiger partial charge is 0.493 e. The summed E-state index contributed by atoms with van der Waals surface area (Å²) >= 11 is 0. The number of hydrogen-bond donors (Lipinski definition) is 2. The predicted molar refractivity (Wildman–Crippen MR) is 94.3 cm³/mol. The van der Waals surface area contributed by atoms with Crippen LogP contribution in [-0.2, 0) is 0 Å². The van der Waals surface area contributed by atoms with Crippen molar-refractivity contribution in [1.29, 1.82) is 0 Å². The number of carboxylic acids is 1. The van der Waals surface area contributed by atoms with E-state index in [1.165, 1.54) is 0 Å². The van der Waals surface area contributed by atoms with Crippen LogP contribution in [0, 0.1) is 0 Å². The molecule has 0 saturated carbocycles. The van der Waals surface area contributed by atoms with Gasteiger partial charge >= 0.3 is 5.97 Å². The summed E-state index contributed by atoms with van der Waals surface area (Å²) < 4.78 is 12.5. The summed E-state index contributed by atoms with van der Waals surface area (Å²) in [6.07, 6.45) is 1.94. The van der Waals surface area contributed by atoms with Crippen LogP contribution in [0.2, 0.25) is 0 Å². The van der Waals surface area contributed by atoms with Crippen LogP contribution in [0.3, 0.4) is 0 Å². The van der Waals surface area contributed by atoms with Gasteiger partial charge in [0.05, 0.1) is 31.2 Å². The Hall–Kier alpha value is -3.41. The minimum atomic E-state index is -0.949. The number of aromatic nitrogens is 2. The molecule has 6 nitrogen and oxygen atoms in total. The van der Waals surface area contributed by atoms with Gasteiger partial charge in [-0.1, -0.05) is 6.07 Å². The fourth-order valence-corrected chi connectivity index (χ4v) is 3.07. The summed E-state index contributed by atoms with van der Waals surface area (Å²) in [4.78, 5) is 11.2. The highest BCUT2D eigenvalue weighted by Gasteiger charge is 2.17. The highest BCUT2D eigenvalue weighted by molar-refractivity contribution is 6.02. The third-order valence-corrected chi connectivity index (χ3v) is 4.30. The minimum Gasteiger partial charge on any atom is -0.493 e. The summed E-state index contributed by atoms with van der Waals surface area (Å²) in [5.41, 5.74) is 2.97. The van der Waals surface area contributed by atoms with Crippen LogP contribution >= 0.6 is 0 Å². The quantitative estimate of drug-likeness (QED) is 0.595. The molecule has 0 aromatic heterocycles. The molecule has 0 saturated heterocycles. The third-order valence-electron chi connectivity index (χ3n) is 4.30. The molecule has 0 atom stereocenters. The maximum Gasteiger partial charge on any atom is 0.335 e. The number of aromatic carboxylic acids is 1. The van der Waals surface area contributed by atoms with Crippen LogP contribution in [0.25, 0.3) is 27.7 Å². The van der Waals surface area contributed by atoms with E-state index in [0.29, 0.717) is 11.5 Å². The lowest BCUT2D eigenvalue weighted by Crippen LogP contribution is -2.00. The lowest BCUT2D eigenvalue weighted by Gasteiger charge is -2.08. The lowest BCUT2D eigenvalue weighted by molar-refractivity contribution is 0.0697. The van der Waals surface area contributed by atoms with Crippen LogP contribution in [0.5, 0.6) is 11.5 Å². The molecule has 2 aromatic rings. The van der Waals surface area contributed by atoms with Crippen molar-refractivity contribution in [1.82, 2.24) is 9.78 Å². The molecule has 0 radical (unpaired) electrons. The van der Waals surface area contributed by atoms with Gasteiger partial charge in [0.2, 0.25) is 0 Å². The normalized spacial score (nSPS) is 11.1. The van der Waals surface area contributed by atoms with Gasteiger partial charge in [-0.15, -0.1) is 0 Å². The Kier molecular flexibility index (Phi) is 3.39. The number of benzene rings is 2. The first-order chi connectivity index (χ1) is 12.1. The average molecular weight is 336 g/mol. The van der Waals surface area contributed by atoms with E-state index in [2.05, 4.69) is 11.2 Å². The molecule has 1 heterocycles. The number of hydrogen-bond acceptors (Lipinski definition) is 3. The van der Waals surface area contributed by atoms with Gasteiger partial charge in [-0.2, -0.15) is 0 Å². The zero-order valence-corrected chi connectivity index (χ0v) is 13.7. The minimum absolute atomic E-state index is 0.246. The van der Waals surface area contributed by atoms with Gasteiger partial charge in [0.15, 0.2) is 11.5 Å². The Balaban J connectivity index is 1.87. The third kappa shape index (κ3) is 2.39. The number of carbonyl (C=O) groups is 1. The molecule has 0 fully saturated rings. The Bertz CT molecular complexity index is 1060. The van der Waals surface area contributed by atoms with Crippen molar-refractivity contribution in [3.8, 4) is 28.4 Å². The van der Waals surface area contributed by atoms with Crippen molar-refractivity contribution < 1.29 is 19.4 Å². The molecule has 6 heteroatoms. The van der Waals surface area contributed by atoms with Crippen molar-refractivity contribution in [2.45, 2.75) is 0 Å². The Morgan fingerprint density at radius 1 is 1.08 bits per heavy atom. The number of rotatable bonds is 4. The molecular weight excluding hydrogens is 320 g/mol. The number of methoxy groups -OCH3 is 2. The van der Waals surface area contributed by atoms with Crippen LogP contribution in [0.1, 0.15) is 10.4 Å². The maximum atomic E-state index is 11.2. The van der Waals surface area contributed by atoms with Gasteiger partial charge in [-0.25, -0.2) is 4.79 Å². The van der Waals surface area contributed by atoms with Gasteiger partial charge < -0.3 is 14.6 Å². The fourth-order valence-electron chi connectivity index (χ4n) is 3.07. The second kappa shape index (κ2) is 5.59. The average Bonchev–Trinajstić information content (AvgIpc) is 3.18. The summed E-state index contributed by atoms with van der Waals surface area (Å²) in [5, 5.41) is 14.5. The highest BCUT2D eigenvalue weighted by Crippen LogP contribution is 2.40. The number of nitrogens with zero attached hydrogens (tertiary/aromatic N) is 1. The van der Waals surface area contributed by atoms with Crippen LogP contribution in [0.4, 0.5) is 0 Å². The van der Waals surface area contributed by atoms with Gasteiger partial charge in [0.25, 0.3) is 0 Å². The first kappa shape index (κ1) is 15.1. The smallest absolute Gasteiger partial charge is 0.335 e. The molecule has 2 N–H and O–H groups in total. The van der Waals surface area contributed by atoms with Crippen molar-refractivity contribution >= 4 is 16.7 Å². The molecule has 0 unspecified atom stereocenters. The Morgan fingerprint density at radius 2 is 1.84 bits per heavy atom. The maximum absolute atomic E-state index is 11.2. The van der Waals surface area contributed by atoms with Gasteiger partial charge in [-0.3, -0.25) is 9.78 Å². The summed E-state index contributed by atoms with van der Waals surface area (Å²) in [5.74, 6) is 0.400. The second-order valence-corrected chi connectivity index (χ2v) is 5.74. The summed E-state index contributed by atoms with van der Waals surface area (Å²) in [7, 11) is 3.22. The number of ether oxygens (including phenoxy) is 2. The van der Waals surface area contributed by atoms with Crippen molar-refractivity contribution in [2.75, 3.05) is 14.2 Å². The van der Waals surface area contributed by atoms with E-state index in [9.17, 15) is 4.79 Å². The van der Waals surface area contributed by atoms with E-state index in [1.54, 1.807) is 32.4 Å². The van der Waals surface area contributed by atoms with Crippen molar-refractivity contribution in [3.63, 3.8) is 0 Å². The zero-order chi connectivity index (χ0) is 17.6. The molecule has 25 heavy (non-hydrogen) atoms. The first-order valence-corrected chi connectivity index (χ1v) is 7.70. The van der Waals surface area contributed by atoms with E-state index < -0.39 is 5.97 Å². The Morgan fingerprint density at radius 3 is 2.56 bits per heavy atom. The van der Waals surface area contributed by atoms with Crippen molar-refractivity contribution in [3.05, 3.63) is 54.2 Å². The van der Waals surface area contributed by atoms with Crippen LogP contribution in [0.15, 0.2) is 48.7 Å². The standard InChI is InChI=1S/C19H16N2O4/c1-24-16-8-12-6-13-10-21(14-5-3-4-11(7-14)19(22)23)20-18(13)15(12)9-17(16)25-2/h3-10,20H,1-2H3,(H,22,23). The predicted octanol–water partition coefficient (Wildman–Crippen LogP) is 3.78. The second-order valence-electron chi connectivity index (χ2n) is 5.74. The summed E-state index contributed by atoms with van der Waals surface area (Å²) in [6.45, 7) is 0. The van der Waals surface area contributed by atoms with Gasteiger partial charge in [-0.05, 0) is 41.8 Å². The Labute approximate surface area is 143 Å². The van der Waals surface area contributed by atoms with E-state index in [0.717, 1.165) is 27.7 Å². The molecule has 126 valence electrons. The zero-order valence-electron chi connectivity index (χ0n) is 13.7. The molecule has 0 amide bonds. The fraction of sp³-hybridized carbons (Fsp3) is 0.105. The van der Waals surface area contributed by atoms with E-state index in [1.807, 2.05) is 29.1 Å². The molecular formula is C19H16N2O4. The number of nitrogens with one attached hydrogen (secondary N) is 1. The molecule has 2 aromatic carbocycles. The first-order valence-electron chi connectivity index (χ1n) is 7.70. The lowest BCUT2D eigenvalue weighted by atomic mass is 10.2. The molecule has 4 rings (SSSR count). The van der Waals surface area contributed by atoms with E-state index in [-0.39, 0.29) is 5.56 Å². The van der Waals surface area contributed by atoms with Crippen LogP contribution in [-0.4, -0.2) is 35.1 Å². The number of H-pyrrole nitrogens is 1. The number of fused-ring (bicyclic) bond motifs is 3. The number of aromatic amines is 1. The molecule has 1 aliphatic heterocycles. The highest BCUT2D eigenvalue weighted by atomic mass is 16.5. The number of carboxylic acid groups (broad SMARTS) is 1. The van der Waals surface area contributed by atoms with E-state index >= 15 is 0 Å².